The number of halogens is 3. The second-order valence-electron chi connectivity index (χ2n) is 5.93. The largest absolute Gasteiger partial charge is 0.573 e. The van der Waals surface area contributed by atoms with E-state index >= 15 is 0 Å². The Labute approximate surface area is 135 Å². The van der Waals surface area contributed by atoms with Crippen LogP contribution >= 0.6 is 0 Å². The fourth-order valence-corrected chi connectivity index (χ4v) is 2.87. The lowest BCUT2D eigenvalue weighted by molar-refractivity contribution is -0.274. The maximum atomic E-state index is 12.1. The zero-order chi connectivity index (χ0) is 16.7. The first kappa shape index (κ1) is 17.5. The molecule has 1 nitrogen and oxygen atoms in total. The SMILES string of the molecule is C=CCCC1CCC(C#Cc2ccc(OC(F)(F)F)cc2)CC1. The number of benzene rings is 1. The van der Waals surface area contributed by atoms with Crippen LogP contribution in [0.4, 0.5) is 13.2 Å². The Hall–Kier alpha value is -1.89. The molecular weight excluding hydrogens is 301 g/mol. The summed E-state index contributed by atoms with van der Waals surface area (Å²) in [5.41, 5.74) is 0.716. The standard InChI is InChI=1S/C19H21F3O/c1-2-3-4-15-5-7-16(8-6-15)9-10-17-11-13-18(14-12-17)23-19(20,21)22/h2,11-16H,1,3-8H2. The van der Waals surface area contributed by atoms with Gasteiger partial charge in [-0.25, -0.2) is 0 Å². The molecule has 1 aromatic carbocycles. The van der Waals surface area contributed by atoms with E-state index in [0.717, 1.165) is 25.2 Å². The molecule has 0 saturated heterocycles. The summed E-state index contributed by atoms with van der Waals surface area (Å²) in [7, 11) is 0. The first-order chi connectivity index (χ1) is 11.0. The second kappa shape index (κ2) is 8.10. The third-order valence-electron chi connectivity index (χ3n) is 4.13. The molecule has 1 fully saturated rings. The predicted octanol–water partition coefficient (Wildman–Crippen LogP) is 5.71. The highest BCUT2D eigenvalue weighted by Gasteiger charge is 2.30. The number of ether oxygens (including phenoxy) is 1. The smallest absolute Gasteiger partial charge is 0.406 e. The van der Waals surface area contributed by atoms with Gasteiger partial charge >= 0.3 is 6.36 Å². The summed E-state index contributed by atoms with van der Waals surface area (Å²) in [6, 6.07) is 5.71. The molecule has 0 aromatic heterocycles. The van der Waals surface area contributed by atoms with E-state index in [2.05, 4.69) is 23.2 Å². The van der Waals surface area contributed by atoms with Gasteiger partial charge in [-0.2, -0.15) is 0 Å². The summed E-state index contributed by atoms with van der Waals surface area (Å²) >= 11 is 0. The first-order valence-corrected chi connectivity index (χ1v) is 7.94. The van der Waals surface area contributed by atoms with Gasteiger partial charge in [0.25, 0.3) is 0 Å². The summed E-state index contributed by atoms with van der Waals surface area (Å²) in [6.07, 6.45) is 4.21. The van der Waals surface area contributed by atoms with Gasteiger partial charge in [-0.1, -0.05) is 17.9 Å². The van der Waals surface area contributed by atoms with Crippen molar-refractivity contribution >= 4 is 0 Å². The van der Waals surface area contributed by atoms with Crippen LogP contribution in [0.25, 0.3) is 0 Å². The van der Waals surface area contributed by atoms with E-state index < -0.39 is 6.36 Å². The lowest BCUT2D eigenvalue weighted by Gasteiger charge is -2.25. The third-order valence-corrected chi connectivity index (χ3v) is 4.13. The van der Waals surface area contributed by atoms with Crippen LogP contribution in [0.5, 0.6) is 5.75 Å². The van der Waals surface area contributed by atoms with Crippen molar-refractivity contribution in [3.8, 4) is 17.6 Å². The maximum Gasteiger partial charge on any atom is 0.573 e. The normalized spacial score (nSPS) is 21.2. The summed E-state index contributed by atoms with van der Waals surface area (Å²) in [6.45, 7) is 3.76. The Morgan fingerprint density at radius 3 is 2.35 bits per heavy atom. The minimum Gasteiger partial charge on any atom is -0.406 e. The molecule has 0 bridgehead atoms. The van der Waals surface area contributed by atoms with Crippen molar-refractivity contribution < 1.29 is 17.9 Å². The zero-order valence-corrected chi connectivity index (χ0v) is 13.0. The van der Waals surface area contributed by atoms with E-state index in [4.69, 9.17) is 0 Å². The van der Waals surface area contributed by atoms with Crippen molar-refractivity contribution in [3.63, 3.8) is 0 Å². The van der Waals surface area contributed by atoms with Crippen molar-refractivity contribution in [2.75, 3.05) is 0 Å². The predicted molar refractivity (Wildman–Crippen MR) is 84.9 cm³/mol. The number of rotatable bonds is 4. The van der Waals surface area contributed by atoms with Crippen molar-refractivity contribution in [1.82, 2.24) is 0 Å². The lowest BCUT2D eigenvalue weighted by atomic mass is 9.80. The van der Waals surface area contributed by atoms with Gasteiger partial charge in [0.2, 0.25) is 0 Å². The Kier molecular flexibility index (Phi) is 6.15. The van der Waals surface area contributed by atoms with Crippen LogP contribution in [0.15, 0.2) is 36.9 Å². The monoisotopic (exact) mass is 322 g/mol. The molecule has 23 heavy (non-hydrogen) atoms. The molecule has 0 atom stereocenters. The van der Waals surface area contributed by atoms with E-state index in [1.807, 2.05) is 6.08 Å². The third kappa shape index (κ3) is 6.40. The van der Waals surface area contributed by atoms with Gasteiger partial charge in [-0.05, 0) is 68.7 Å². The molecule has 124 valence electrons. The highest BCUT2D eigenvalue weighted by Crippen LogP contribution is 2.31. The second-order valence-corrected chi connectivity index (χ2v) is 5.93. The highest BCUT2D eigenvalue weighted by atomic mass is 19.4. The van der Waals surface area contributed by atoms with E-state index in [1.54, 1.807) is 12.1 Å². The molecule has 0 N–H and O–H groups in total. The molecule has 1 aromatic rings. The van der Waals surface area contributed by atoms with Crippen LogP contribution in [-0.2, 0) is 0 Å². The quantitative estimate of drug-likeness (QED) is 0.509. The molecule has 0 aliphatic heterocycles. The van der Waals surface area contributed by atoms with Gasteiger partial charge in [0.15, 0.2) is 0 Å². The van der Waals surface area contributed by atoms with Crippen LogP contribution in [0.2, 0.25) is 0 Å². The number of alkyl halides is 3. The van der Waals surface area contributed by atoms with Crippen LogP contribution in [0.1, 0.15) is 44.1 Å². The Morgan fingerprint density at radius 2 is 1.78 bits per heavy atom. The molecule has 0 radical (unpaired) electrons. The molecule has 2 rings (SSSR count). The van der Waals surface area contributed by atoms with E-state index in [0.29, 0.717) is 11.5 Å². The van der Waals surface area contributed by atoms with E-state index in [-0.39, 0.29) is 5.75 Å². The Balaban J connectivity index is 1.84. The summed E-state index contributed by atoms with van der Waals surface area (Å²) in [5, 5.41) is 0. The minimum absolute atomic E-state index is 0.217. The van der Waals surface area contributed by atoms with Crippen molar-refractivity contribution in [2.24, 2.45) is 11.8 Å². The number of allylic oxidation sites excluding steroid dienone is 1. The molecule has 1 saturated carbocycles. The topological polar surface area (TPSA) is 9.23 Å². The highest BCUT2D eigenvalue weighted by molar-refractivity contribution is 5.38. The molecule has 1 aliphatic carbocycles. The van der Waals surface area contributed by atoms with Gasteiger partial charge < -0.3 is 4.74 Å². The Morgan fingerprint density at radius 1 is 1.13 bits per heavy atom. The Bertz CT molecular complexity index is 555. The molecule has 0 heterocycles. The van der Waals surface area contributed by atoms with Crippen LogP contribution < -0.4 is 4.74 Å². The molecular formula is C19H21F3O. The lowest BCUT2D eigenvalue weighted by Crippen LogP contribution is -2.16. The fourth-order valence-electron chi connectivity index (χ4n) is 2.87. The van der Waals surface area contributed by atoms with Crippen LogP contribution in [0, 0.1) is 23.7 Å². The maximum absolute atomic E-state index is 12.1. The van der Waals surface area contributed by atoms with Crippen molar-refractivity contribution in [1.29, 1.82) is 0 Å². The minimum atomic E-state index is -4.66. The van der Waals surface area contributed by atoms with Gasteiger partial charge in [-0.15, -0.1) is 19.8 Å². The molecule has 4 heteroatoms. The van der Waals surface area contributed by atoms with Gasteiger partial charge in [0, 0.05) is 11.5 Å². The summed E-state index contributed by atoms with van der Waals surface area (Å²) < 4.78 is 40.1. The number of hydrogen-bond acceptors (Lipinski definition) is 1. The van der Waals surface area contributed by atoms with Crippen LogP contribution in [0.3, 0.4) is 0 Å². The van der Waals surface area contributed by atoms with Gasteiger partial charge in [0.1, 0.15) is 5.75 Å². The van der Waals surface area contributed by atoms with Gasteiger partial charge in [-0.3, -0.25) is 0 Å². The molecule has 1 aliphatic rings. The number of hydrogen-bond donors (Lipinski definition) is 0. The van der Waals surface area contributed by atoms with E-state index in [9.17, 15) is 13.2 Å². The van der Waals surface area contributed by atoms with Crippen molar-refractivity contribution in [3.05, 3.63) is 42.5 Å². The molecule has 0 unspecified atom stereocenters. The fraction of sp³-hybridized carbons (Fsp3) is 0.474. The van der Waals surface area contributed by atoms with Crippen molar-refractivity contribution in [2.45, 2.75) is 44.9 Å². The zero-order valence-electron chi connectivity index (χ0n) is 13.0. The summed E-state index contributed by atoms with van der Waals surface area (Å²) in [4.78, 5) is 0. The summed E-state index contributed by atoms with van der Waals surface area (Å²) in [5.74, 6) is 7.26. The van der Waals surface area contributed by atoms with Crippen LogP contribution in [-0.4, -0.2) is 6.36 Å². The first-order valence-electron chi connectivity index (χ1n) is 7.94. The molecule has 0 amide bonds. The van der Waals surface area contributed by atoms with E-state index in [1.165, 1.54) is 31.4 Å². The average Bonchev–Trinajstić information content (AvgIpc) is 2.52. The molecule has 0 spiro atoms. The van der Waals surface area contributed by atoms with Gasteiger partial charge in [0.05, 0.1) is 0 Å². The average molecular weight is 322 g/mol.